The van der Waals surface area contributed by atoms with E-state index in [0.717, 1.165) is 11.8 Å². The van der Waals surface area contributed by atoms with Crippen molar-refractivity contribution in [2.75, 3.05) is 16.3 Å². The van der Waals surface area contributed by atoms with Crippen LogP contribution in [0.5, 0.6) is 0 Å². The van der Waals surface area contributed by atoms with E-state index in [-0.39, 0.29) is 33.4 Å². The molecular weight excluding hydrogens is 538 g/mol. The molecule has 1 unspecified atom stereocenters. The molecule has 0 saturated heterocycles. The maximum absolute atomic E-state index is 14.1. The molecule has 9 nitrogen and oxygen atoms in total. The van der Waals surface area contributed by atoms with Gasteiger partial charge in [-0.25, -0.2) is 8.42 Å². The Labute approximate surface area is 228 Å². The van der Waals surface area contributed by atoms with E-state index in [1.807, 2.05) is 42.5 Å². The van der Waals surface area contributed by atoms with Crippen molar-refractivity contribution in [2.24, 2.45) is 4.40 Å². The molecule has 3 aromatic carbocycles. The Balaban J connectivity index is 1.56. The van der Waals surface area contributed by atoms with Gasteiger partial charge in [0.2, 0.25) is 10.0 Å². The minimum Gasteiger partial charge on any atom is -0.506 e. The number of aliphatic hydroxyl groups is 1. The zero-order valence-corrected chi connectivity index (χ0v) is 22.8. The Bertz CT molecular complexity index is 1680. The van der Waals surface area contributed by atoms with Gasteiger partial charge in [0.25, 0.3) is 0 Å². The molecule has 3 aromatic rings. The smallest absolute Gasteiger partial charge is 0.229 e. The van der Waals surface area contributed by atoms with Gasteiger partial charge < -0.3 is 10.4 Å². The molecule has 5 rings (SSSR count). The molecule has 0 aromatic heterocycles. The van der Waals surface area contributed by atoms with Crippen molar-refractivity contribution in [2.45, 2.75) is 23.7 Å². The molecule has 0 saturated carbocycles. The van der Waals surface area contributed by atoms with Crippen molar-refractivity contribution >= 4 is 55.6 Å². The molecule has 0 amide bonds. The number of allylic oxidation sites excluding steroid dienone is 1. The number of hydrogen-bond acceptors (Lipinski definition) is 8. The molecule has 1 atom stereocenters. The summed E-state index contributed by atoms with van der Waals surface area (Å²) < 4.78 is 51.4. The monoisotopic (exact) mass is 565 g/mol. The highest BCUT2D eigenvalue weighted by atomic mass is 32.3. The molecule has 5 N–H and O–H groups in total. The topological polar surface area (TPSA) is 148 Å². The Morgan fingerprint density at radius 2 is 1.74 bits per heavy atom. The first kappa shape index (κ1) is 26.7. The summed E-state index contributed by atoms with van der Waals surface area (Å²) in [6.07, 6.45) is 5.12. The van der Waals surface area contributed by atoms with Crippen LogP contribution >= 0.6 is 10.8 Å². The van der Waals surface area contributed by atoms with E-state index in [0.29, 0.717) is 17.5 Å². The molecule has 39 heavy (non-hydrogen) atoms. The largest absolute Gasteiger partial charge is 0.506 e. The number of carbonyl (C=O) groups excluding carboxylic acids is 1. The maximum Gasteiger partial charge on any atom is 0.229 e. The van der Waals surface area contributed by atoms with E-state index in [1.165, 1.54) is 18.2 Å². The molecule has 2 aliphatic rings. The highest BCUT2D eigenvalue weighted by Gasteiger charge is 2.46. The lowest BCUT2D eigenvalue weighted by atomic mass is 9.67. The van der Waals surface area contributed by atoms with Crippen LogP contribution in [0.3, 0.4) is 0 Å². The van der Waals surface area contributed by atoms with Crippen LogP contribution in [-0.2, 0) is 20.2 Å². The number of Topliss-reactive ketones (excluding diaryl/α,β-unsaturated/α-hetero) is 1. The van der Waals surface area contributed by atoms with Crippen LogP contribution in [0.25, 0.3) is 11.8 Å². The minimum atomic E-state index is -3.85. The third kappa shape index (κ3) is 5.09. The second-order valence-corrected chi connectivity index (χ2v) is 13.0. The van der Waals surface area contributed by atoms with Gasteiger partial charge in [0.05, 0.1) is 23.0 Å². The second-order valence-electron chi connectivity index (χ2n) is 9.62. The SMILES string of the molecule is CC1(CC=Cc2ccccc2)C(=O)C(C2=NS(O)(O)c3cc(NS(C)(=O)=O)ccc3N2)=C(O)c2ccccc21. The Kier molecular flexibility index (Phi) is 6.63. The van der Waals surface area contributed by atoms with Gasteiger partial charge in [-0.05, 0) is 42.7 Å². The Morgan fingerprint density at radius 3 is 2.46 bits per heavy atom. The Hall–Kier alpha value is -3.90. The number of benzene rings is 3. The summed E-state index contributed by atoms with van der Waals surface area (Å²) >= 11 is 0. The van der Waals surface area contributed by atoms with Gasteiger partial charge in [-0.3, -0.25) is 18.6 Å². The number of carbonyl (C=O) groups is 1. The number of sulfonamides is 1. The summed E-state index contributed by atoms with van der Waals surface area (Å²) in [5.74, 6) is -0.932. The van der Waals surface area contributed by atoms with Gasteiger partial charge in [0.1, 0.15) is 16.2 Å². The van der Waals surface area contributed by atoms with Crippen LogP contribution in [0.2, 0.25) is 0 Å². The normalized spacial score (nSPS) is 21.0. The summed E-state index contributed by atoms with van der Waals surface area (Å²) in [5, 5.41) is 14.2. The van der Waals surface area contributed by atoms with E-state index in [4.69, 9.17) is 0 Å². The number of ketones is 1. The first-order chi connectivity index (χ1) is 18.4. The fourth-order valence-electron chi connectivity index (χ4n) is 4.79. The summed E-state index contributed by atoms with van der Waals surface area (Å²) in [7, 11) is -7.46. The number of anilines is 2. The van der Waals surface area contributed by atoms with Gasteiger partial charge in [-0.15, -0.1) is 4.40 Å². The number of nitrogens with zero attached hydrogens (tertiary/aromatic N) is 1. The molecule has 11 heteroatoms. The number of nitrogens with one attached hydrogen (secondary N) is 2. The lowest BCUT2D eigenvalue weighted by molar-refractivity contribution is -0.120. The molecule has 0 bridgehead atoms. The zero-order valence-electron chi connectivity index (χ0n) is 21.1. The third-order valence-corrected chi connectivity index (χ3v) is 8.64. The van der Waals surface area contributed by atoms with Gasteiger partial charge in [-0.2, -0.15) is 0 Å². The molecular formula is C28H27N3O6S2. The number of aliphatic hydroxyl groups excluding tert-OH is 1. The van der Waals surface area contributed by atoms with Crippen molar-refractivity contribution in [3.05, 3.63) is 101 Å². The van der Waals surface area contributed by atoms with E-state index >= 15 is 0 Å². The molecule has 0 fully saturated rings. The fourth-order valence-corrected chi connectivity index (χ4v) is 6.54. The Morgan fingerprint density at radius 1 is 1.05 bits per heavy atom. The van der Waals surface area contributed by atoms with Crippen molar-refractivity contribution < 1.29 is 27.4 Å². The second kappa shape index (κ2) is 9.69. The molecule has 202 valence electrons. The average molecular weight is 566 g/mol. The van der Waals surface area contributed by atoms with E-state index in [9.17, 15) is 27.4 Å². The van der Waals surface area contributed by atoms with Gasteiger partial charge in [0, 0.05) is 5.56 Å². The van der Waals surface area contributed by atoms with Crippen LogP contribution in [0.4, 0.5) is 11.4 Å². The highest BCUT2D eigenvalue weighted by molar-refractivity contribution is 8.23. The number of amidine groups is 1. The van der Waals surface area contributed by atoms with Crippen LogP contribution in [0.15, 0.2) is 93.7 Å². The van der Waals surface area contributed by atoms with Gasteiger partial charge in [-0.1, -0.05) is 77.5 Å². The van der Waals surface area contributed by atoms with Crippen LogP contribution in [0.1, 0.15) is 30.0 Å². The summed E-state index contributed by atoms with van der Waals surface area (Å²) in [5.41, 5.74) is 1.17. The fraction of sp³-hybridized carbons (Fsp3) is 0.143. The number of rotatable bonds is 6. The van der Waals surface area contributed by atoms with Crippen molar-refractivity contribution in [3.8, 4) is 0 Å². The standard InChI is InChI=1S/C28H27N3O6S2/c1-28(16-8-11-18-9-4-3-5-10-18)21-13-7-6-12-20(21)25(32)24(26(28)33)27-29-22-15-14-19(30-38(2,34)35)17-23(22)39(36,37)31-27/h3-15,17,30,32,36-37H,16H2,1-2H3,(H,29,31). The van der Waals surface area contributed by atoms with Crippen LogP contribution in [0, 0.1) is 0 Å². The molecule has 0 radical (unpaired) electrons. The summed E-state index contributed by atoms with van der Waals surface area (Å²) in [6.45, 7) is 1.79. The van der Waals surface area contributed by atoms with E-state index in [1.54, 1.807) is 31.2 Å². The molecule has 0 spiro atoms. The maximum atomic E-state index is 14.1. The predicted octanol–water partition coefficient (Wildman–Crippen LogP) is 5.82. The van der Waals surface area contributed by atoms with Crippen molar-refractivity contribution in [3.63, 3.8) is 0 Å². The molecule has 1 heterocycles. The zero-order chi connectivity index (χ0) is 28.0. The highest BCUT2D eigenvalue weighted by Crippen LogP contribution is 2.57. The van der Waals surface area contributed by atoms with Crippen LogP contribution < -0.4 is 10.0 Å². The molecule has 1 aliphatic carbocycles. The minimum absolute atomic E-state index is 0.0443. The third-order valence-electron chi connectivity index (χ3n) is 6.67. The van der Waals surface area contributed by atoms with E-state index < -0.39 is 32.0 Å². The van der Waals surface area contributed by atoms with Gasteiger partial charge in [0.15, 0.2) is 11.6 Å². The summed E-state index contributed by atoms with van der Waals surface area (Å²) in [6, 6.07) is 20.9. The summed E-state index contributed by atoms with van der Waals surface area (Å²) in [4.78, 5) is 14.0. The lowest BCUT2D eigenvalue weighted by Gasteiger charge is -2.38. The molecule has 1 aliphatic heterocycles. The first-order valence-corrected chi connectivity index (χ1v) is 15.4. The van der Waals surface area contributed by atoms with E-state index in [2.05, 4.69) is 14.4 Å². The first-order valence-electron chi connectivity index (χ1n) is 12.0. The number of hydrogen-bond donors (Lipinski definition) is 5. The van der Waals surface area contributed by atoms with Crippen molar-refractivity contribution in [1.82, 2.24) is 0 Å². The average Bonchev–Trinajstić information content (AvgIpc) is 2.88. The lowest BCUT2D eigenvalue weighted by Crippen LogP contribution is -2.42. The predicted molar refractivity (Wildman–Crippen MR) is 156 cm³/mol. The van der Waals surface area contributed by atoms with Crippen molar-refractivity contribution in [1.29, 1.82) is 0 Å². The van der Waals surface area contributed by atoms with Gasteiger partial charge >= 0.3 is 0 Å². The number of fused-ring (bicyclic) bond motifs is 2. The van der Waals surface area contributed by atoms with Crippen LogP contribution in [-0.4, -0.2) is 40.5 Å². The quantitative estimate of drug-likeness (QED) is 0.253.